The van der Waals surface area contributed by atoms with Gasteiger partial charge in [-0.3, -0.25) is 4.79 Å². The van der Waals surface area contributed by atoms with Crippen LogP contribution < -0.4 is 11.1 Å². The van der Waals surface area contributed by atoms with Crippen molar-refractivity contribution < 1.29 is 9.53 Å². The fourth-order valence-electron chi connectivity index (χ4n) is 1.57. The summed E-state index contributed by atoms with van der Waals surface area (Å²) in [5, 5.41) is 3.30. The van der Waals surface area contributed by atoms with Gasteiger partial charge >= 0.3 is 0 Å². The van der Waals surface area contributed by atoms with Crippen LogP contribution in [0.5, 0.6) is 0 Å². The molecule has 1 saturated heterocycles. The molecule has 0 aromatic rings. The van der Waals surface area contributed by atoms with Crippen LogP contribution >= 0.6 is 0 Å². The van der Waals surface area contributed by atoms with E-state index in [0.717, 1.165) is 13.1 Å². The molecule has 1 unspecified atom stereocenters. The second-order valence-corrected chi connectivity index (χ2v) is 5.23. The highest BCUT2D eigenvalue weighted by molar-refractivity contribution is 5.37. The van der Waals surface area contributed by atoms with E-state index in [1.807, 2.05) is 26.8 Å². The molecule has 0 spiro atoms. The lowest BCUT2D eigenvalue weighted by molar-refractivity contribution is -0.138. The molecule has 1 fully saturated rings. The topological polar surface area (TPSA) is 64.3 Å². The fourth-order valence-corrected chi connectivity index (χ4v) is 1.57. The van der Waals surface area contributed by atoms with Crippen molar-refractivity contribution >= 4 is 6.47 Å². The zero-order valence-electron chi connectivity index (χ0n) is 11.2. The van der Waals surface area contributed by atoms with E-state index < -0.39 is 0 Å². The lowest BCUT2D eigenvalue weighted by Gasteiger charge is -2.25. The van der Waals surface area contributed by atoms with E-state index >= 15 is 0 Å². The SMILES string of the molecule is C=CC(N)C1CCNCC1.CC(C)(C)OC=O. The van der Waals surface area contributed by atoms with Crippen molar-refractivity contribution in [3.05, 3.63) is 12.7 Å². The summed E-state index contributed by atoms with van der Waals surface area (Å²) < 4.78 is 4.55. The zero-order valence-corrected chi connectivity index (χ0v) is 11.2. The fraction of sp³-hybridized carbons (Fsp3) is 0.769. The molecule has 0 aliphatic carbocycles. The van der Waals surface area contributed by atoms with Gasteiger partial charge < -0.3 is 15.8 Å². The summed E-state index contributed by atoms with van der Waals surface area (Å²) in [7, 11) is 0. The minimum absolute atomic E-state index is 0.210. The monoisotopic (exact) mass is 242 g/mol. The van der Waals surface area contributed by atoms with Crippen LogP contribution in [0.25, 0.3) is 0 Å². The second-order valence-electron chi connectivity index (χ2n) is 5.23. The predicted octanol–water partition coefficient (Wildman–Crippen LogP) is 1.46. The Morgan fingerprint density at radius 3 is 2.24 bits per heavy atom. The van der Waals surface area contributed by atoms with E-state index in [1.54, 1.807) is 0 Å². The van der Waals surface area contributed by atoms with E-state index in [1.165, 1.54) is 12.8 Å². The molecule has 1 aliphatic heterocycles. The van der Waals surface area contributed by atoms with Crippen molar-refractivity contribution in [3.8, 4) is 0 Å². The van der Waals surface area contributed by atoms with Crippen molar-refractivity contribution in [2.75, 3.05) is 13.1 Å². The summed E-state index contributed by atoms with van der Waals surface area (Å²) in [4.78, 5) is 9.60. The Morgan fingerprint density at radius 2 is 1.94 bits per heavy atom. The third-order valence-electron chi connectivity index (χ3n) is 2.60. The van der Waals surface area contributed by atoms with Gasteiger partial charge in [-0.1, -0.05) is 6.08 Å². The molecule has 0 radical (unpaired) electrons. The van der Waals surface area contributed by atoms with Crippen LogP contribution in [0.2, 0.25) is 0 Å². The third-order valence-corrected chi connectivity index (χ3v) is 2.60. The van der Waals surface area contributed by atoms with Crippen LogP contribution in [0.4, 0.5) is 0 Å². The normalized spacial score (nSPS) is 18.6. The van der Waals surface area contributed by atoms with Gasteiger partial charge in [0.05, 0.1) is 0 Å². The van der Waals surface area contributed by atoms with Crippen LogP contribution in [0.1, 0.15) is 33.6 Å². The van der Waals surface area contributed by atoms with Crippen LogP contribution in [0.3, 0.4) is 0 Å². The van der Waals surface area contributed by atoms with E-state index in [-0.39, 0.29) is 11.6 Å². The molecule has 3 N–H and O–H groups in total. The van der Waals surface area contributed by atoms with E-state index in [4.69, 9.17) is 5.73 Å². The molecule has 1 rings (SSSR count). The summed E-state index contributed by atoms with van der Waals surface area (Å²) in [6.07, 6.45) is 4.26. The zero-order chi connectivity index (χ0) is 13.3. The molecule has 0 aromatic carbocycles. The minimum Gasteiger partial charge on any atom is -0.462 e. The number of piperidine rings is 1. The van der Waals surface area contributed by atoms with Crippen molar-refractivity contribution in [1.82, 2.24) is 5.32 Å². The molecule has 100 valence electrons. The Labute approximate surface area is 105 Å². The average Bonchev–Trinajstić information content (AvgIpc) is 2.28. The smallest absolute Gasteiger partial charge is 0.293 e. The molecular weight excluding hydrogens is 216 g/mol. The quantitative estimate of drug-likeness (QED) is 0.581. The number of ether oxygens (including phenoxy) is 1. The summed E-state index contributed by atoms with van der Waals surface area (Å²) >= 11 is 0. The number of carbonyl (C=O) groups is 1. The van der Waals surface area contributed by atoms with Crippen LogP contribution in [0, 0.1) is 5.92 Å². The first-order valence-electron chi connectivity index (χ1n) is 6.11. The summed E-state index contributed by atoms with van der Waals surface area (Å²) in [6.45, 7) is 11.8. The molecular formula is C13H26N2O2. The second kappa shape index (κ2) is 8.25. The van der Waals surface area contributed by atoms with E-state index in [0.29, 0.717) is 12.4 Å². The molecule has 0 bridgehead atoms. The maximum atomic E-state index is 9.60. The summed E-state index contributed by atoms with van der Waals surface area (Å²) in [6, 6.07) is 0.210. The van der Waals surface area contributed by atoms with Gasteiger partial charge in [-0.25, -0.2) is 0 Å². The van der Waals surface area contributed by atoms with Crippen molar-refractivity contribution in [3.63, 3.8) is 0 Å². The van der Waals surface area contributed by atoms with Gasteiger partial charge in [0.25, 0.3) is 6.47 Å². The van der Waals surface area contributed by atoms with Crippen molar-refractivity contribution in [2.24, 2.45) is 11.7 Å². The third kappa shape index (κ3) is 8.89. The largest absolute Gasteiger partial charge is 0.462 e. The highest BCUT2D eigenvalue weighted by Gasteiger charge is 2.17. The van der Waals surface area contributed by atoms with Gasteiger partial charge in [0.2, 0.25) is 0 Å². The molecule has 4 heteroatoms. The first kappa shape index (κ1) is 16.1. The van der Waals surface area contributed by atoms with Gasteiger partial charge in [-0.2, -0.15) is 0 Å². The van der Waals surface area contributed by atoms with Crippen molar-refractivity contribution in [1.29, 1.82) is 0 Å². The Bertz CT molecular complexity index is 218. The van der Waals surface area contributed by atoms with Crippen molar-refractivity contribution in [2.45, 2.75) is 45.3 Å². The number of hydrogen-bond acceptors (Lipinski definition) is 4. The minimum atomic E-state index is -0.318. The molecule has 1 aliphatic rings. The summed E-state index contributed by atoms with van der Waals surface area (Å²) in [5.74, 6) is 0.666. The highest BCUT2D eigenvalue weighted by Crippen LogP contribution is 2.14. The summed E-state index contributed by atoms with van der Waals surface area (Å²) in [5.41, 5.74) is 5.48. The maximum absolute atomic E-state index is 9.60. The average molecular weight is 242 g/mol. The molecule has 0 aromatic heterocycles. The molecule has 17 heavy (non-hydrogen) atoms. The van der Waals surface area contributed by atoms with Crippen LogP contribution in [0.15, 0.2) is 12.7 Å². The standard InChI is InChI=1S/C8H16N2.C5H10O2/c1-2-8(9)7-3-5-10-6-4-7;1-5(2,3)7-4-6/h2,7-8,10H,1,3-6,9H2;4H,1-3H3. The molecule has 0 saturated carbocycles. The Morgan fingerprint density at radius 1 is 1.41 bits per heavy atom. The van der Waals surface area contributed by atoms with E-state index in [2.05, 4.69) is 16.6 Å². The molecule has 0 amide bonds. The van der Waals surface area contributed by atoms with Gasteiger partial charge in [0.15, 0.2) is 0 Å². The Hall–Kier alpha value is -0.870. The maximum Gasteiger partial charge on any atom is 0.293 e. The van der Waals surface area contributed by atoms with Crippen LogP contribution in [-0.2, 0) is 9.53 Å². The van der Waals surface area contributed by atoms with Gasteiger partial charge in [0, 0.05) is 6.04 Å². The lowest BCUT2D eigenvalue weighted by atomic mass is 9.91. The van der Waals surface area contributed by atoms with Crippen LogP contribution in [-0.4, -0.2) is 31.2 Å². The number of hydrogen-bond donors (Lipinski definition) is 2. The molecule has 4 nitrogen and oxygen atoms in total. The van der Waals surface area contributed by atoms with E-state index in [9.17, 15) is 4.79 Å². The first-order chi connectivity index (χ1) is 7.90. The molecule has 1 heterocycles. The lowest BCUT2D eigenvalue weighted by Crippen LogP contribution is -2.37. The Kier molecular flexibility index (Phi) is 7.83. The Balaban J connectivity index is 0.000000325. The highest BCUT2D eigenvalue weighted by atomic mass is 16.5. The predicted molar refractivity (Wildman–Crippen MR) is 70.7 cm³/mol. The first-order valence-corrected chi connectivity index (χ1v) is 6.11. The number of rotatable bonds is 3. The number of carbonyl (C=O) groups excluding carboxylic acids is 1. The number of nitrogens with one attached hydrogen (secondary N) is 1. The number of nitrogens with two attached hydrogens (primary N) is 1. The van der Waals surface area contributed by atoms with Gasteiger partial charge in [-0.05, 0) is 52.6 Å². The van der Waals surface area contributed by atoms with Gasteiger partial charge in [0.1, 0.15) is 5.60 Å². The molecule has 1 atom stereocenters. The van der Waals surface area contributed by atoms with Gasteiger partial charge in [-0.15, -0.1) is 6.58 Å².